The van der Waals surface area contributed by atoms with Crippen LogP contribution in [0.2, 0.25) is 0 Å². The van der Waals surface area contributed by atoms with Crippen molar-refractivity contribution < 1.29 is 0 Å². The first-order valence-electron chi connectivity index (χ1n) is 22.1. The minimum absolute atomic E-state index is 0.0726. The lowest BCUT2D eigenvalue weighted by atomic mass is 9.82. The smallest absolute Gasteiger partial charge is 0.164 e. The van der Waals surface area contributed by atoms with Crippen LogP contribution < -0.4 is 0 Å². The van der Waals surface area contributed by atoms with E-state index in [-0.39, 0.29) is 5.41 Å². The molecule has 11 aromatic rings. The molecular weight excluding hydrogens is 791 g/mol. The molecule has 5 heteroatoms. The van der Waals surface area contributed by atoms with E-state index in [1.165, 1.54) is 33.0 Å². The quantitative estimate of drug-likeness (QED) is 0.160. The number of hydrogen-bond donors (Lipinski definition) is 0. The van der Waals surface area contributed by atoms with Gasteiger partial charge in [0.1, 0.15) is 0 Å². The molecule has 0 radical (unpaired) electrons. The van der Waals surface area contributed by atoms with Gasteiger partial charge in [-0.2, -0.15) is 0 Å². The predicted molar refractivity (Wildman–Crippen MR) is 266 cm³/mol. The van der Waals surface area contributed by atoms with Crippen molar-refractivity contribution in [1.82, 2.24) is 24.9 Å². The van der Waals surface area contributed by atoms with E-state index < -0.39 is 0 Å². The standard InChI is InChI=1S/C60H41N5/c1-60(2)52-25-11-10-24-50(52)51-36-46(30-31-53(51)60)55-37-54(61-56(62-55)40-16-4-3-5-17-40)45-22-12-20-43(32-45)44-21-13-23-47(35-44)57-63-58(48-28-26-38-14-6-8-18-41(38)33-48)65-59(64-57)49-29-27-39-15-7-9-19-42(39)34-49/h3-37H,1-2H3. The molecule has 306 valence electrons. The molecule has 0 atom stereocenters. The molecule has 0 fully saturated rings. The molecule has 2 aromatic heterocycles. The van der Waals surface area contributed by atoms with Crippen LogP contribution in [-0.2, 0) is 5.41 Å². The first-order valence-corrected chi connectivity index (χ1v) is 22.1. The van der Waals surface area contributed by atoms with Crippen molar-refractivity contribution >= 4 is 21.5 Å². The predicted octanol–water partition coefficient (Wildman–Crippen LogP) is 14.9. The number of aromatic nitrogens is 5. The summed E-state index contributed by atoms with van der Waals surface area (Å²) in [5.41, 5.74) is 14.8. The third kappa shape index (κ3) is 6.95. The largest absolute Gasteiger partial charge is 0.228 e. The fourth-order valence-corrected chi connectivity index (χ4v) is 9.45. The van der Waals surface area contributed by atoms with Gasteiger partial charge in [0, 0.05) is 38.8 Å². The van der Waals surface area contributed by atoms with Gasteiger partial charge >= 0.3 is 0 Å². The van der Waals surface area contributed by atoms with Crippen LogP contribution in [0.15, 0.2) is 212 Å². The van der Waals surface area contributed by atoms with E-state index in [1.807, 2.05) is 18.2 Å². The van der Waals surface area contributed by atoms with E-state index in [1.54, 1.807) is 0 Å². The van der Waals surface area contributed by atoms with E-state index in [0.29, 0.717) is 23.3 Å². The van der Waals surface area contributed by atoms with Crippen molar-refractivity contribution in [3.05, 3.63) is 223 Å². The number of hydrogen-bond acceptors (Lipinski definition) is 5. The third-order valence-electron chi connectivity index (χ3n) is 12.9. The van der Waals surface area contributed by atoms with Crippen LogP contribution in [0.4, 0.5) is 0 Å². The van der Waals surface area contributed by atoms with Crippen LogP contribution in [0.1, 0.15) is 25.0 Å². The fraction of sp³-hybridized carbons (Fsp3) is 0.0500. The van der Waals surface area contributed by atoms with Crippen LogP contribution in [0.25, 0.3) is 112 Å². The summed E-state index contributed by atoms with van der Waals surface area (Å²) in [7, 11) is 0. The van der Waals surface area contributed by atoms with Crippen LogP contribution in [0.5, 0.6) is 0 Å². The molecule has 0 amide bonds. The Hall–Kier alpha value is -8.41. The number of benzene rings is 9. The van der Waals surface area contributed by atoms with E-state index in [4.69, 9.17) is 24.9 Å². The second-order valence-corrected chi connectivity index (χ2v) is 17.4. The highest BCUT2D eigenvalue weighted by atomic mass is 15.0. The maximum absolute atomic E-state index is 5.21. The molecule has 1 aliphatic rings. The zero-order valence-corrected chi connectivity index (χ0v) is 35.9. The number of fused-ring (bicyclic) bond motifs is 5. The Morgan fingerprint density at radius 1 is 0.262 bits per heavy atom. The molecule has 0 aliphatic heterocycles. The summed E-state index contributed by atoms with van der Waals surface area (Å²) in [6, 6.07) is 74.5. The molecule has 0 saturated heterocycles. The molecule has 65 heavy (non-hydrogen) atoms. The summed E-state index contributed by atoms with van der Waals surface area (Å²) >= 11 is 0. The van der Waals surface area contributed by atoms with Crippen molar-refractivity contribution in [2.45, 2.75) is 19.3 Å². The molecule has 0 N–H and O–H groups in total. The Balaban J connectivity index is 0.952. The van der Waals surface area contributed by atoms with Gasteiger partial charge in [-0.3, -0.25) is 0 Å². The summed E-state index contributed by atoms with van der Waals surface area (Å²) in [4.78, 5) is 25.8. The molecule has 0 saturated carbocycles. The minimum atomic E-state index is -0.0726. The Morgan fingerprint density at radius 3 is 1.32 bits per heavy atom. The zero-order chi connectivity index (χ0) is 43.5. The Bertz CT molecular complexity index is 3550. The van der Waals surface area contributed by atoms with Gasteiger partial charge in [0.05, 0.1) is 11.4 Å². The molecule has 0 spiro atoms. The van der Waals surface area contributed by atoms with Gasteiger partial charge in [-0.25, -0.2) is 24.9 Å². The van der Waals surface area contributed by atoms with Crippen molar-refractivity contribution in [1.29, 1.82) is 0 Å². The van der Waals surface area contributed by atoms with Gasteiger partial charge in [0.2, 0.25) is 0 Å². The molecule has 2 heterocycles. The minimum Gasteiger partial charge on any atom is -0.228 e. The molecule has 1 aliphatic carbocycles. The number of nitrogens with zero attached hydrogens (tertiary/aromatic N) is 5. The first-order chi connectivity index (χ1) is 31.9. The topological polar surface area (TPSA) is 64.5 Å². The molecule has 0 bridgehead atoms. The van der Waals surface area contributed by atoms with Crippen molar-refractivity contribution in [3.8, 4) is 90.3 Å². The maximum atomic E-state index is 5.21. The van der Waals surface area contributed by atoms with Gasteiger partial charge in [0.15, 0.2) is 23.3 Å². The lowest BCUT2D eigenvalue weighted by molar-refractivity contribution is 0.660. The van der Waals surface area contributed by atoms with Crippen LogP contribution >= 0.6 is 0 Å². The highest BCUT2D eigenvalue weighted by Gasteiger charge is 2.35. The highest BCUT2D eigenvalue weighted by molar-refractivity contribution is 5.89. The van der Waals surface area contributed by atoms with Crippen LogP contribution in [0.3, 0.4) is 0 Å². The summed E-state index contributed by atoms with van der Waals surface area (Å²) in [6.45, 7) is 4.63. The first kappa shape index (κ1) is 38.3. The number of rotatable bonds is 7. The Morgan fingerprint density at radius 2 is 0.692 bits per heavy atom. The Labute approximate surface area is 377 Å². The van der Waals surface area contributed by atoms with Gasteiger partial charge in [-0.05, 0) is 91.3 Å². The van der Waals surface area contributed by atoms with Gasteiger partial charge in [-0.15, -0.1) is 0 Å². The molecule has 5 nitrogen and oxygen atoms in total. The molecule has 0 unspecified atom stereocenters. The second kappa shape index (κ2) is 15.4. The maximum Gasteiger partial charge on any atom is 0.164 e. The summed E-state index contributed by atoms with van der Waals surface area (Å²) in [5.74, 6) is 2.55. The van der Waals surface area contributed by atoms with E-state index >= 15 is 0 Å². The Kier molecular flexibility index (Phi) is 9.09. The molecule has 12 rings (SSSR count). The van der Waals surface area contributed by atoms with Crippen LogP contribution in [0, 0.1) is 0 Å². The van der Waals surface area contributed by atoms with E-state index in [0.717, 1.165) is 66.7 Å². The van der Waals surface area contributed by atoms with Crippen molar-refractivity contribution in [3.63, 3.8) is 0 Å². The lowest BCUT2D eigenvalue weighted by Gasteiger charge is -2.21. The zero-order valence-electron chi connectivity index (χ0n) is 35.9. The fourth-order valence-electron chi connectivity index (χ4n) is 9.45. The van der Waals surface area contributed by atoms with E-state index in [9.17, 15) is 0 Å². The van der Waals surface area contributed by atoms with Crippen molar-refractivity contribution in [2.24, 2.45) is 0 Å². The average Bonchev–Trinajstić information content (AvgIpc) is 3.61. The SMILES string of the molecule is CC1(C)c2ccccc2-c2cc(-c3cc(-c4cccc(-c5cccc(-c6nc(-c7ccc8ccccc8c7)nc(-c7ccc8ccccc8c7)n6)c5)c4)nc(-c4ccccc4)n3)ccc21. The second-order valence-electron chi connectivity index (χ2n) is 17.4. The summed E-state index contributed by atoms with van der Waals surface area (Å²) in [6.07, 6.45) is 0. The van der Waals surface area contributed by atoms with E-state index in [2.05, 4.69) is 208 Å². The summed E-state index contributed by atoms with van der Waals surface area (Å²) in [5, 5.41) is 4.61. The molecular formula is C60H41N5. The molecule has 9 aromatic carbocycles. The lowest BCUT2D eigenvalue weighted by Crippen LogP contribution is -2.14. The highest BCUT2D eigenvalue weighted by Crippen LogP contribution is 2.49. The van der Waals surface area contributed by atoms with Gasteiger partial charge < -0.3 is 0 Å². The van der Waals surface area contributed by atoms with Crippen molar-refractivity contribution in [2.75, 3.05) is 0 Å². The average molecular weight is 832 g/mol. The van der Waals surface area contributed by atoms with Gasteiger partial charge in [-0.1, -0.05) is 190 Å². The summed E-state index contributed by atoms with van der Waals surface area (Å²) < 4.78 is 0. The monoisotopic (exact) mass is 831 g/mol. The van der Waals surface area contributed by atoms with Gasteiger partial charge in [0.25, 0.3) is 0 Å². The third-order valence-corrected chi connectivity index (χ3v) is 12.9. The van der Waals surface area contributed by atoms with Crippen LogP contribution in [-0.4, -0.2) is 24.9 Å². The normalized spacial score (nSPS) is 12.6.